The zero-order valence-corrected chi connectivity index (χ0v) is 12.6. The lowest BCUT2D eigenvalue weighted by Gasteiger charge is -2.00. The van der Waals surface area contributed by atoms with Crippen molar-refractivity contribution in [3.8, 4) is 10.4 Å². The van der Waals surface area contributed by atoms with Crippen molar-refractivity contribution in [1.82, 2.24) is 4.98 Å². The van der Waals surface area contributed by atoms with Gasteiger partial charge in [-0.3, -0.25) is 0 Å². The van der Waals surface area contributed by atoms with Crippen molar-refractivity contribution < 1.29 is 0 Å². The van der Waals surface area contributed by atoms with E-state index in [1.807, 2.05) is 12.3 Å². The summed E-state index contributed by atoms with van der Waals surface area (Å²) in [4.78, 5) is 5.49. The third kappa shape index (κ3) is 2.64. The summed E-state index contributed by atoms with van der Waals surface area (Å²) < 4.78 is 2.12. The van der Waals surface area contributed by atoms with E-state index < -0.39 is 0 Å². The Balaban J connectivity index is 2.31. The molecular formula is C11H10Br2N2S. The van der Waals surface area contributed by atoms with Crippen LogP contribution in [0.1, 0.15) is 6.92 Å². The molecule has 84 valence electrons. The lowest BCUT2D eigenvalue weighted by molar-refractivity contribution is 1.19. The fourth-order valence-electron chi connectivity index (χ4n) is 1.29. The zero-order valence-electron chi connectivity index (χ0n) is 8.63. The first-order chi connectivity index (χ1) is 7.70. The van der Waals surface area contributed by atoms with E-state index >= 15 is 0 Å². The van der Waals surface area contributed by atoms with E-state index in [0.717, 1.165) is 20.6 Å². The molecule has 0 amide bonds. The van der Waals surface area contributed by atoms with Gasteiger partial charge in [0.25, 0.3) is 0 Å². The third-order valence-corrected chi connectivity index (χ3v) is 4.92. The number of benzene rings is 1. The molecule has 0 aliphatic carbocycles. The maximum absolute atomic E-state index is 4.31. The Kier molecular flexibility index (Phi) is 4.00. The van der Waals surface area contributed by atoms with E-state index in [9.17, 15) is 0 Å². The normalized spacial score (nSPS) is 10.4. The van der Waals surface area contributed by atoms with Crippen molar-refractivity contribution in [3.05, 3.63) is 33.3 Å². The van der Waals surface area contributed by atoms with E-state index in [0.29, 0.717) is 0 Å². The van der Waals surface area contributed by atoms with Crippen LogP contribution in [0.3, 0.4) is 0 Å². The van der Waals surface area contributed by atoms with Gasteiger partial charge in [0.2, 0.25) is 0 Å². The summed E-state index contributed by atoms with van der Waals surface area (Å²) in [6.07, 6.45) is 1.90. The number of halogens is 2. The molecule has 0 spiro atoms. The average molecular weight is 362 g/mol. The van der Waals surface area contributed by atoms with E-state index in [1.54, 1.807) is 11.3 Å². The van der Waals surface area contributed by atoms with Gasteiger partial charge in [0.1, 0.15) is 0 Å². The van der Waals surface area contributed by atoms with E-state index in [1.165, 1.54) is 10.4 Å². The number of nitrogens with zero attached hydrogens (tertiary/aromatic N) is 1. The highest BCUT2D eigenvalue weighted by Crippen LogP contribution is 2.33. The fourth-order valence-corrected chi connectivity index (χ4v) is 2.80. The monoisotopic (exact) mass is 360 g/mol. The topological polar surface area (TPSA) is 24.9 Å². The molecule has 1 aromatic carbocycles. The number of thiazole rings is 1. The van der Waals surface area contributed by atoms with Gasteiger partial charge in [0.15, 0.2) is 5.13 Å². The molecule has 0 atom stereocenters. The van der Waals surface area contributed by atoms with Crippen LogP contribution in [0.2, 0.25) is 0 Å². The van der Waals surface area contributed by atoms with Gasteiger partial charge in [-0.1, -0.05) is 17.4 Å². The quantitative estimate of drug-likeness (QED) is 0.851. The van der Waals surface area contributed by atoms with Crippen LogP contribution < -0.4 is 5.32 Å². The number of aromatic nitrogens is 1. The molecule has 0 saturated heterocycles. The summed E-state index contributed by atoms with van der Waals surface area (Å²) in [5.74, 6) is 0. The summed E-state index contributed by atoms with van der Waals surface area (Å²) in [6, 6.07) is 6.21. The summed E-state index contributed by atoms with van der Waals surface area (Å²) in [6.45, 7) is 2.97. The van der Waals surface area contributed by atoms with Crippen LogP contribution in [0.15, 0.2) is 33.3 Å². The number of hydrogen-bond donors (Lipinski definition) is 1. The molecule has 5 heteroatoms. The van der Waals surface area contributed by atoms with Crippen LogP contribution in [0.5, 0.6) is 0 Å². The number of rotatable bonds is 3. The lowest BCUT2D eigenvalue weighted by Crippen LogP contribution is -1.94. The summed E-state index contributed by atoms with van der Waals surface area (Å²) in [5.41, 5.74) is 1.18. The zero-order chi connectivity index (χ0) is 11.5. The molecule has 0 fully saturated rings. The highest BCUT2D eigenvalue weighted by Gasteiger charge is 2.05. The molecule has 0 aliphatic heterocycles. The minimum Gasteiger partial charge on any atom is -0.362 e. The highest BCUT2D eigenvalue weighted by molar-refractivity contribution is 9.13. The Morgan fingerprint density at radius 1 is 1.31 bits per heavy atom. The van der Waals surface area contributed by atoms with Crippen molar-refractivity contribution in [1.29, 1.82) is 0 Å². The molecule has 2 rings (SSSR count). The van der Waals surface area contributed by atoms with E-state index in [-0.39, 0.29) is 0 Å². The maximum Gasteiger partial charge on any atom is 0.183 e. The Bertz CT molecular complexity index is 496. The van der Waals surface area contributed by atoms with Crippen molar-refractivity contribution in [2.75, 3.05) is 11.9 Å². The molecule has 1 heterocycles. The van der Waals surface area contributed by atoms with Gasteiger partial charge >= 0.3 is 0 Å². The smallest absolute Gasteiger partial charge is 0.183 e. The molecule has 2 aromatic rings. The first kappa shape index (κ1) is 12.1. The Morgan fingerprint density at radius 3 is 2.81 bits per heavy atom. The van der Waals surface area contributed by atoms with Gasteiger partial charge in [-0.25, -0.2) is 4.98 Å². The molecule has 0 unspecified atom stereocenters. The van der Waals surface area contributed by atoms with Crippen molar-refractivity contribution in [2.45, 2.75) is 6.92 Å². The first-order valence-corrected chi connectivity index (χ1v) is 7.26. The minimum absolute atomic E-state index is 0.900. The molecule has 0 bridgehead atoms. The second-order valence-corrected chi connectivity index (χ2v) is 5.93. The second kappa shape index (κ2) is 5.29. The van der Waals surface area contributed by atoms with Gasteiger partial charge in [-0.2, -0.15) is 0 Å². The van der Waals surface area contributed by atoms with Crippen molar-refractivity contribution in [3.63, 3.8) is 0 Å². The predicted molar refractivity (Wildman–Crippen MR) is 77.1 cm³/mol. The minimum atomic E-state index is 0.900. The highest BCUT2D eigenvalue weighted by atomic mass is 79.9. The van der Waals surface area contributed by atoms with Crippen LogP contribution in [-0.2, 0) is 0 Å². The SMILES string of the molecule is CCNc1ncc(-c2ccc(Br)c(Br)c2)s1. The van der Waals surface area contributed by atoms with Crippen molar-refractivity contribution >= 4 is 48.3 Å². The number of hydrogen-bond acceptors (Lipinski definition) is 3. The van der Waals surface area contributed by atoms with Crippen LogP contribution in [0.25, 0.3) is 10.4 Å². The first-order valence-electron chi connectivity index (χ1n) is 4.86. The molecule has 1 aromatic heterocycles. The molecule has 1 N–H and O–H groups in total. The van der Waals surface area contributed by atoms with Crippen LogP contribution in [0, 0.1) is 0 Å². The summed E-state index contributed by atoms with van der Waals surface area (Å²) in [7, 11) is 0. The molecule has 0 saturated carbocycles. The summed E-state index contributed by atoms with van der Waals surface area (Å²) >= 11 is 8.63. The van der Waals surface area contributed by atoms with E-state index in [2.05, 4.69) is 61.2 Å². The van der Waals surface area contributed by atoms with Crippen LogP contribution in [0.4, 0.5) is 5.13 Å². The second-order valence-electron chi connectivity index (χ2n) is 3.19. The third-order valence-electron chi connectivity index (χ3n) is 2.04. The Hall–Kier alpha value is -0.390. The molecular weight excluding hydrogens is 352 g/mol. The Morgan fingerprint density at radius 2 is 2.12 bits per heavy atom. The van der Waals surface area contributed by atoms with Crippen LogP contribution in [-0.4, -0.2) is 11.5 Å². The lowest BCUT2D eigenvalue weighted by atomic mass is 10.2. The van der Waals surface area contributed by atoms with Gasteiger partial charge in [-0.15, -0.1) is 0 Å². The van der Waals surface area contributed by atoms with Gasteiger partial charge < -0.3 is 5.32 Å². The largest absolute Gasteiger partial charge is 0.362 e. The maximum atomic E-state index is 4.31. The van der Waals surface area contributed by atoms with Gasteiger partial charge in [0.05, 0.1) is 4.88 Å². The average Bonchev–Trinajstić information content (AvgIpc) is 2.71. The standard InChI is InChI=1S/C11H10Br2N2S/c1-2-14-11-15-6-10(16-11)7-3-4-8(12)9(13)5-7/h3-6H,2H2,1H3,(H,14,15). The fraction of sp³-hybridized carbons (Fsp3) is 0.182. The van der Waals surface area contributed by atoms with Gasteiger partial charge in [0, 0.05) is 21.7 Å². The molecule has 0 aliphatic rings. The van der Waals surface area contributed by atoms with Crippen LogP contribution >= 0.6 is 43.2 Å². The molecule has 16 heavy (non-hydrogen) atoms. The number of anilines is 1. The molecule has 2 nitrogen and oxygen atoms in total. The molecule has 0 radical (unpaired) electrons. The predicted octanol–water partition coefficient (Wildman–Crippen LogP) is 4.77. The summed E-state index contributed by atoms with van der Waals surface area (Å²) in [5, 5.41) is 4.18. The van der Waals surface area contributed by atoms with E-state index in [4.69, 9.17) is 0 Å². The van der Waals surface area contributed by atoms with Gasteiger partial charge in [-0.05, 0) is 56.5 Å². The Labute approximate surface area is 115 Å². The number of nitrogens with one attached hydrogen (secondary N) is 1. The van der Waals surface area contributed by atoms with Crippen molar-refractivity contribution in [2.24, 2.45) is 0 Å².